The van der Waals surface area contributed by atoms with E-state index in [2.05, 4.69) is 16.0 Å². The van der Waals surface area contributed by atoms with Gasteiger partial charge in [0.05, 0.1) is 24.7 Å². The summed E-state index contributed by atoms with van der Waals surface area (Å²) in [4.78, 5) is 6.84. The van der Waals surface area contributed by atoms with Gasteiger partial charge in [0, 0.05) is 5.38 Å². The SMILES string of the molecule is N#CCc1csc(CN2CCCC2)n1. The second-order valence-electron chi connectivity index (χ2n) is 3.55. The van der Waals surface area contributed by atoms with Crippen molar-refractivity contribution in [2.75, 3.05) is 13.1 Å². The standard InChI is InChI=1S/C10H13N3S/c11-4-3-9-8-14-10(12-9)7-13-5-1-2-6-13/h8H,1-3,5-7H2. The molecule has 0 aliphatic carbocycles. The maximum atomic E-state index is 8.52. The molecular formula is C10H13N3S. The highest BCUT2D eigenvalue weighted by atomic mass is 32.1. The monoisotopic (exact) mass is 207 g/mol. The van der Waals surface area contributed by atoms with Gasteiger partial charge in [-0.15, -0.1) is 11.3 Å². The van der Waals surface area contributed by atoms with Crippen LogP contribution in [0.4, 0.5) is 0 Å². The Balaban J connectivity index is 1.92. The topological polar surface area (TPSA) is 39.9 Å². The highest BCUT2D eigenvalue weighted by Gasteiger charge is 2.13. The average Bonchev–Trinajstić information content (AvgIpc) is 2.79. The molecule has 74 valence electrons. The van der Waals surface area contributed by atoms with Crippen LogP contribution in [-0.4, -0.2) is 23.0 Å². The van der Waals surface area contributed by atoms with E-state index < -0.39 is 0 Å². The predicted molar refractivity (Wildman–Crippen MR) is 55.9 cm³/mol. The van der Waals surface area contributed by atoms with E-state index in [4.69, 9.17) is 5.26 Å². The summed E-state index contributed by atoms with van der Waals surface area (Å²) in [5, 5.41) is 11.7. The van der Waals surface area contributed by atoms with Crippen LogP contribution in [0.15, 0.2) is 5.38 Å². The summed E-state index contributed by atoms with van der Waals surface area (Å²) in [6, 6.07) is 2.12. The van der Waals surface area contributed by atoms with Crippen LogP contribution in [0.3, 0.4) is 0 Å². The van der Waals surface area contributed by atoms with Gasteiger partial charge >= 0.3 is 0 Å². The Morgan fingerprint density at radius 1 is 1.50 bits per heavy atom. The molecule has 1 aliphatic rings. The first kappa shape index (κ1) is 9.63. The molecule has 4 heteroatoms. The quantitative estimate of drug-likeness (QED) is 0.759. The number of thiazole rings is 1. The number of hydrogen-bond donors (Lipinski definition) is 0. The third-order valence-corrected chi connectivity index (χ3v) is 3.30. The van der Waals surface area contributed by atoms with Crippen LogP contribution >= 0.6 is 11.3 Å². The van der Waals surface area contributed by atoms with Gasteiger partial charge < -0.3 is 0 Å². The summed E-state index contributed by atoms with van der Waals surface area (Å²) >= 11 is 1.67. The Morgan fingerprint density at radius 3 is 3.00 bits per heavy atom. The van der Waals surface area contributed by atoms with Gasteiger partial charge in [0.15, 0.2) is 0 Å². The van der Waals surface area contributed by atoms with Crippen LogP contribution in [0.25, 0.3) is 0 Å². The minimum absolute atomic E-state index is 0.441. The van der Waals surface area contributed by atoms with Crippen LogP contribution in [-0.2, 0) is 13.0 Å². The summed E-state index contributed by atoms with van der Waals surface area (Å²) in [5.41, 5.74) is 0.923. The zero-order chi connectivity index (χ0) is 9.80. The Hall–Kier alpha value is -0.920. The predicted octanol–water partition coefficient (Wildman–Crippen LogP) is 1.80. The molecule has 0 aromatic carbocycles. The highest BCUT2D eigenvalue weighted by Crippen LogP contribution is 2.16. The summed E-state index contributed by atoms with van der Waals surface area (Å²) in [7, 11) is 0. The molecular weight excluding hydrogens is 194 g/mol. The van der Waals surface area contributed by atoms with Crippen molar-refractivity contribution in [3.8, 4) is 6.07 Å². The van der Waals surface area contributed by atoms with E-state index in [1.54, 1.807) is 11.3 Å². The number of rotatable bonds is 3. The lowest BCUT2D eigenvalue weighted by atomic mass is 10.4. The number of aromatic nitrogens is 1. The summed E-state index contributed by atoms with van der Waals surface area (Å²) in [6.45, 7) is 3.37. The smallest absolute Gasteiger partial charge is 0.107 e. The molecule has 0 amide bonds. The molecule has 0 spiro atoms. The number of nitriles is 1. The Kier molecular flexibility index (Phi) is 3.12. The van der Waals surface area contributed by atoms with E-state index in [0.717, 1.165) is 17.2 Å². The Bertz CT molecular complexity index is 333. The van der Waals surface area contributed by atoms with E-state index in [1.807, 2.05) is 5.38 Å². The molecule has 0 bridgehead atoms. The van der Waals surface area contributed by atoms with Crippen molar-refractivity contribution < 1.29 is 0 Å². The lowest BCUT2D eigenvalue weighted by Crippen LogP contribution is -2.18. The third kappa shape index (κ3) is 2.31. The van der Waals surface area contributed by atoms with Gasteiger partial charge in [-0.1, -0.05) is 0 Å². The van der Waals surface area contributed by atoms with Crippen molar-refractivity contribution in [3.05, 3.63) is 16.1 Å². The van der Waals surface area contributed by atoms with Gasteiger partial charge in [0.1, 0.15) is 5.01 Å². The second kappa shape index (κ2) is 4.54. The van der Waals surface area contributed by atoms with Crippen LogP contribution in [0.2, 0.25) is 0 Å². The fraction of sp³-hybridized carbons (Fsp3) is 0.600. The molecule has 1 aromatic heterocycles. The number of likely N-dealkylation sites (tertiary alicyclic amines) is 1. The van der Waals surface area contributed by atoms with Gasteiger partial charge in [-0.2, -0.15) is 5.26 Å². The van der Waals surface area contributed by atoms with Crippen LogP contribution in [0, 0.1) is 11.3 Å². The van der Waals surface area contributed by atoms with E-state index in [-0.39, 0.29) is 0 Å². The van der Waals surface area contributed by atoms with Gasteiger partial charge in [0.25, 0.3) is 0 Å². The van der Waals surface area contributed by atoms with Crippen molar-refractivity contribution in [1.29, 1.82) is 5.26 Å². The fourth-order valence-corrected chi connectivity index (χ4v) is 2.55. The van der Waals surface area contributed by atoms with Gasteiger partial charge in [-0.3, -0.25) is 4.90 Å². The van der Waals surface area contributed by atoms with Crippen LogP contribution < -0.4 is 0 Å². The maximum Gasteiger partial charge on any atom is 0.107 e. The molecule has 0 radical (unpaired) electrons. The Morgan fingerprint density at radius 2 is 2.29 bits per heavy atom. The second-order valence-corrected chi connectivity index (χ2v) is 4.49. The largest absolute Gasteiger partial charge is 0.297 e. The minimum Gasteiger partial charge on any atom is -0.297 e. The summed E-state index contributed by atoms with van der Waals surface area (Å²) in [6.07, 6.45) is 3.07. The molecule has 1 saturated heterocycles. The van der Waals surface area contributed by atoms with Crippen molar-refractivity contribution in [1.82, 2.24) is 9.88 Å². The van der Waals surface area contributed by atoms with Crippen molar-refractivity contribution in [2.45, 2.75) is 25.8 Å². The molecule has 0 atom stereocenters. The first-order valence-corrected chi connectivity index (χ1v) is 5.79. The third-order valence-electron chi connectivity index (χ3n) is 2.42. The fourth-order valence-electron chi connectivity index (χ4n) is 1.72. The van der Waals surface area contributed by atoms with Crippen LogP contribution in [0.1, 0.15) is 23.5 Å². The zero-order valence-corrected chi connectivity index (χ0v) is 8.89. The lowest BCUT2D eigenvalue weighted by molar-refractivity contribution is 0.330. The van der Waals surface area contributed by atoms with Crippen molar-refractivity contribution in [3.63, 3.8) is 0 Å². The zero-order valence-electron chi connectivity index (χ0n) is 8.07. The van der Waals surface area contributed by atoms with Gasteiger partial charge in [0.2, 0.25) is 0 Å². The molecule has 1 fully saturated rings. The van der Waals surface area contributed by atoms with E-state index in [0.29, 0.717) is 6.42 Å². The van der Waals surface area contributed by atoms with Gasteiger partial charge in [-0.05, 0) is 25.9 Å². The van der Waals surface area contributed by atoms with E-state index in [1.165, 1.54) is 25.9 Å². The maximum absolute atomic E-state index is 8.52. The summed E-state index contributed by atoms with van der Waals surface area (Å²) in [5.74, 6) is 0. The number of hydrogen-bond acceptors (Lipinski definition) is 4. The van der Waals surface area contributed by atoms with E-state index in [9.17, 15) is 0 Å². The normalized spacial score (nSPS) is 17.1. The van der Waals surface area contributed by atoms with Gasteiger partial charge in [-0.25, -0.2) is 4.98 Å². The first-order valence-electron chi connectivity index (χ1n) is 4.91. The molecule has 2 rings (SSSR count). The molecule has 14 heavy (non-hydrogen) atoms. The summed E-state index contributed by atoms with van der Waals surface area (Å²) < 4.78 is 0. The number of nitrogens with zero attached hydrogens (tertiary/aromatic N) is 3. The molecule has 2 heterocycles. The molecule has 0 unspecified atom stereocenters. The van der Waals surface area contributed by atoms with E-state index >= 15 is 0 Å². The molecule has 3 nitrogen and oxygen atoms in total. The lowest BCUT2D eigenvalue weighted by Gasteiger charge is -2.11. The molecule has 1 aliphatic heterocycles. The average molecular weight is 207 g/mol. The molecule has 1 aromatic rings. The molecule has 0 saturated carbocycles. The molecule has 0 N–H and O–H groups in total. The Labute approximate surface area is 88.0 Å². The minimum atomic E-state index is 0.441. The van der Waals surface area contributed by atoms with Crippen LogP contribution in [0.5, 0.6) is 0 Å². The first-order chi connectivity index (χ1) is 6.88. The van der Waals surface area contributed by atoms with Crippen molar-refractivity contribution in [2.24, 2.45) is 0 Å². The van der Waals surface area contributed by atoms with Crippen molar-refractivity contribution >= 4 is 11.3 Å². The highest BCUT2D eigenvalue weighted by molar-refractivity contribution is 7.09.